The number of esters is 1. The highest BCUT2D eigenvalue weighted by Crippen LogP contribution is 2.65. The zero-order valence-corrected chi connectivity index (χ0v) is 15.1. The summed E-state index contributed by atoms with van der Waals surface area (Å²) in [7, 11) is 1.38. The first-order valence-electron chi connectivity index (χ1n) is 9.20. The van der Waals surface area contributed by atoms with E-state index in [4.69, 9.17) is 9.15 Å². The maximum atomic E-state index is 13.0. The van der Waals surface area contributed by atoms with E-state index in [0.29, 0.717) is 31.2 Å². The second-order valence-electron chi connectivity index (χ2n) is 8.53. The number of fused-ring (bicyclic) bond motifs is 4. The van der Waals surface area contributed by atoms with Crippen LogP contribution in [0, 0.1) is 22.7 Å². The lowest BCUT2D eigenvalue weighted by Gasteiger charge is -2.64. The summed E-state index contributed by atoms with van der Waals surface area (Å²) in [6.07, 6.45) is 5.54. The Morgan fingerprint density at radius 1 is 1.32 bits per heavy atom. The van der Waals surface area contributed by atoms with E-state index in [0.717, 1.165) is 18.6 Å². The average Bonchev–Trinajstić information content (AvgIpc) is 3.06. The second kappa shape index (κ2) is 5.19. The van der Waals surface area contributed by atoms with Gasteiger partial charge in [0.05, 0.1) is 30.0 Å². The zero-order valence-electron chi connectivity index (χ0n) is 15.1. The summed E-state index contributed by atoms with van der Waals surface area (Å²) < 4.78 is 10.6. The average molecular weight is 346 g/mol. The molecule has 3 aliphatic carbocycles. The van der Waals surface area contributed by atoms with Gasteiger partial charge in [0.1, 0.15) is 5.76 Å². The van der Waals surface area contributed by atoms with Crippen LogP contribution in [-0.4, -0.2) is 29.6 Å². The SMILES string of the molecule is COC(=O)[C@@]1(C)CCC[C@]2(C)[C@H]3Cc4occc4C(=O)[C@@H]3CC[C@@]12O. The van der Waals surface area contributed by atoms with E-state index in [2.05, 4.69) is 6.92 Å². The van der Waals surface area contributed by atoms with Crippen LogP contribution in [-0.2, 0) is 16.0 Å². The lowest BCUT2D eigenvalue weighted by Crippen LogP contribution is -2.69. The number of carbonyl (C=O) groups excluding carboxylic acids is 2. The molecule has 0 amide bonds. The second-order valence-corrected chi connectivity index (χ2v) is 8.53. The van der Waals surface area contributed by atoms with Crippen molar-refractivity contribution in [1.29, 1.82) is 0 Å². The Morgan fingerprint density at radius 2 is 2.08 bits per heavy atom. The first-order valence-corrected chi connectivity index (χ1v) is 9.20. The minimum absolute atomic E-state index is 0.0123. The van der Waals surface area contributed by atoms with E-state index in [1.807, 2.05) is 6.92 Å². The van der Waals surface area contributed by atoms with Gasteiger partial charge in [0.2, 0.25) is 0 Å². The van der Waals surface area contributed by atoms with E-state index < -0.39 is 16.4 Å². The molecule has 5 heteroatoms. The predicted molar refractivity (Wildman–Crippen MR) is 90.0 cm³/mol. The van der Waals surface area contributed by atoms with Crippen molar-refractivity contribution in [1.82, 2.24) is 0 Å². The molecule has 3 aliphatic rings. The molecule has 0 spiro atoms. The Kier molecular flexibility index (Phi) is 3.50. The van der Waals surface area contributed by atoms with E-state index >= 15 is 0 Å². The molecule has 5 atom stereocenters. The number of hydrogen-bond acceptors (Lipinski definition) is 5. The summed E-state index contributed by atoms with van der Waals surface area (Å²) in [4.78, 5) is 25.6. The third-order valence-electron chi connectivity index (χ3n) is 7.74. The Labute approximate surface area is 147 Å². The first-order chi connectivity index (χ1) is 11.8. The Hall–Kier alpha value is -1.62. The molecular formula is C20H26O5. The molecule has 0 aromatic carbocycles. The van der Waals surface area contributed by atoms with Crippen molar-refractivity contribution in [2.45, 2.75) is 58.0 Å². The van der Waals surface area contributed by atoms with E-state index in [9.17, 15) is 14.7 Å². The largest absolute Gasteiger partial charge is 0.469 e. The van der Waals surface area contributed by atoms with Crippen molar-refractivity contribution in [2.75, 3.05) is 7.11 Å². The maximum absolute atomic E-state index is 13.0. The summed E-state index contributed by atoms with van der Waals surface area (Å²) in [5.41, 5.74) is -1.93. The highest BCUT2D eigenvalue weighted by atomic mass is 16.5. The van der Waals surface area contributed by atoms with Crippen molar-refractivity contribution in [3.63, 3.8) is 0 Å². The predicted octanol–water partition coefficient (Wildman–Crippen LogP) is 3.15. The molecule has 5 nitrogen and oxygen atoms in total. The molecule has 1 N–H and O–H groups in total. The number of methoxy groups -OCH3 is 1. The molecule has 25 heavy (non-hydrogen) atoms. The van der Waals surface area contributed by atoms with Gasteiger partial charge in [0.25, 0.3) is 0 Å². The molecule has 1 heterocycles. The van der Waals surface area contributed by atoms with Crippen LogP contribution in [0.2, 0.25) is 0 Å². The number of rotatable bonds is 1. The fourth-order valence-corrected chi connectivity index (χ4v) is 6.21. The molecule has 0 saturated heterocycles. The number of furan rings is 1. The molecule has 0 aliphatic heterocycles. The van der Waals surface area contributed by atoms with E-state index in [1.54, 1.807) is 12.3 Å². The molecule has 0 unspecified atom stereocenters. The number of carbonyl (C=O) groups is 2. The highest BCUT2D eigenvalue weighted by molar-refractivity contribution is 6.00. The normalized spacial score (nSPS) is 43.0. The van der Waals surface area contributed by atoms with Crippen LogP contribution < -0.4 is 0 Å². The summed E-state index contributed by atoms with van der Waals surface area (Å²) in [6, 6.07) is 1.76. The minimum atomic E-state index is -1.17. The number of Topliss-reactive ketones (excluding diaryl/α,β-unsaturated/α-hetero) is 1. The molecule has 0 bridgehead atoms. The molecule has 1 aromatic heterocycles. The van der Waals surface area contributed by atoms with Gasteiger partial charge >= 0.3 is 5.97 Å². The summed E-state index contributed by atoms with van der Waals surface area (Å²) in [6.45, 7) is 3.89. The van der Waals surface area contributed by atoms with Crippen LogP contribution in [0.3, 0.4) is 0 Å². The molecule has 2 fully saturated rings. The molecular weight excluding hydrogens is 320 g/mol. The lowest BCUT2D eigenvalue weighted by molar-refractivity contribution is -0.243. The van der Waals surface area contributed by atoms with Crippen LogP contribution in [0.5, 0.6) is 0 Å². The van der Waals surface area contributed by atoms with Crippen molar-refractivity contribution in [2.24, 2.45) is 22.7 Å². The van der Waals surface area contributed by atoms with Gasteiger partial charge < -0.3 is 14.3 Å². The zero-order chi connectivity index (χ0) is 18.0. The van der Waals surface area contributed by atoms with E-state index in [1.165, 1.54) is 7.11 Å². The van der Waals surface area contributed by atoms with Crippen LogP contribution >= 0.6 is 0 Å². The highest BCUT2D eigenvalue weighted by Gasteiger charge is 2.69. The third-order valence-corrected chi connectivity index (χ3v) is 7.74. The van der Waals surface area contributed by atoms with Gasteiger partial charge in [-0.25, -0.2) is 0 Å². The summed E-state index contributed by atoms with van der Waals surface area (Å²) in [5, 5.41) is 11.9. The van der Waals surface area contributed by atoms with Gasteiger partial charge in [0.15, 0.2) is 5.78 Å². The lowest BCUT2D eigenvalue weighted by atomic mass is 9.42. The fraction of sp³-hybridized carbons (Fsp3) is 0.700. The van der Waals surface area contributed by atoms with Crippen molar-refractivity contribution >= 4 is 11.8 Å². The van der Waals surface area contributed by atoms with Gasteiger partial charge in [-0.2, -0.15) is 0 Å². The molecule has 1 aromatic rings. The number of aliphatic hydroxyl groups is 1. The Morgan fingerprint density at radius 3 is 2.80 bits per heavy atom. The minimum Gasteiger partial charge on any atom is -0.469 e. The molecule has 0 radical (unpaired) electrons. The van der Waals surface area contributed by atoms with Crippen molar-refractivity contribution < 1.29 is 23.8 Å². The standard InChI is InChI=1S/C20H26O5/c1-18-7-4-8-19(2,17(22)24-3)20(18,23)9-5-12-14(18)11-15-13(16(12)21)6-10-25-15/h6,10,12,14,23H,4-5,7-9,11H2,1-3H3/t12-,14+,18-,19-,20+/m1/s1. The fourth-order valence-electron chi connectivity index (χ4n) is 6.21. The number of hydrogen-bond donors (Lipinski definition) is 1. The number of ketones is 1. The number of ether oxygens (including phenoxy) is 1. The maximum Gasteiger partial charge on any atom is 0.314 e. The van der Waals surface area contributed by atoms with Crippen molar-refractivity contribution in [3.8, 4) is 0 Å². The van der Waals surface area contributed by atoms with Gasteiger partial charge in [-0.15, -0.1) is 0 Å². The van der Waals surface area contributed by atoms with Gasteiger partial charge in [-0.1, -0.05) is 13.3 Å². The molecule has 136 valence electrons. The first kappa shape index (κ1) is 16.8. The van der Waals surface area contributed by atoms with E-state index in [-0.39, 0.29) is 23.6 Å². The van der Waals surface area contributed by atoms with Crippen molar-refractivity contribution in [3.05, 3.63) is 23.7 Å². The van der Waals surface area contributed by atoms with Gasteiger partial charge in [-0.3, -0.25) is 9.59 Å². The summed E-state index contributed by atoms with van der Waals surface area (Å²) in [5.74, 6) is 0.396. The van der Waals surface area contributed by atoms with Crippen LogP contribution in [0.1, 0.15) is 62.1 Å². The van der Waals surface area contributed by atoms with Crippen LogP contribution in [0.25, 0.3) is 0 Å². The summed E-state index contributed by atoms with van der Waals surface area (Å²) >= 11 is 0. The quantitative estimate of drug-likeness (QED) is 0.791. The van der Waals surface area contributed by atoms with Gasteiger partial charge in [-0.05, 0) is 44.6 Å². The Balaban J connectivity index is 1.81. The monoisotopic (exact) mass is 346 g/mol. The molecule has 2 saturated carbocycles. The Bertz CT molecular complexity index is 736. The third kappa shape index (κ3) is 1.88. The van der Waals surface area contributed by atoms with Gasteiger partial charge in [0, 0.05) is 17.8 Å². The van der Waals surface area contributed by atoms with Crippen LogP contribution in [0.4, 0.5) is 0 Å². The van der Waals surface area contributed by atoms with Crippen LogP contribution in [0.15, 0.2) is 16.7 Å². The smallest absolute Gasteiger partial charge is 0.314 e. The topological polar surface area (TPSA) is 76.7 Å². The molecule has 4 rings (SSSR count).